The van der Waals surface area contributed by atoms with Gasteiger partial charge in [0.2, 0.25) is 0 Å². The predicted molar refractivity (Wildman–Crippen MR) is 59.5 cm³/mol. The Morgan fingerprint density at radius 3 is 2.64 bits per heavy atom. The minimum atomic E-state index is -0.399. The van der Waals surface area contributed by atoms with E-state index in [0.29, 0.717) is 11.3 Å². The molecule has 0 spiro atoms. The summed E-state index contributed by atoms with van der Waals surface area (Å²) in [5.74, 6) is 0. The first-order valence-corrected chi connectivity index (χ1v) is 4.76. The molecule has 14 heavy (non-hydrogen) atoms. The molecule has 0 aliphatic heterocycles. The molecule has 0 N–H and O–H groups in total. The highest BCUT2D eigenvalue weighted by atomic mass is 79.9. The van der Waals surface area contributed by atoms with Crippen LogP contribution in [0.5, 0.6) is 0 Å². The van der Waals surface area contributed by atoms with Crippen LogP contribution in [0.4, 0.5) is 11.4 Å². The van der Waals surface area contributed by atoms with Gasteiger partial charge in [-0.2, -0.15) is 0 Å². The second-order valence-corrected chi connectivity index (χ2v) is 3.98. The Bertz CT molecular complexity index is 398. The third-order valence-corrected chi connectivity index (χ3v) is 1.84. The molecule has 0 aliphatic rings. The van der Waals surface area contributed by atoms with Crippen molar-refractivity contribution in [2.45, 2.75) is 13.8 Å². The van der Waals surface area contributed by atoms with Gasteiger partial charge in [0.15, 0.2) is 0 Å². The van der Waals surface area contributed by atoms with Crippen molar-refractivity contribution in [2.75, 3.05) is 0 Å². The monoisotopic (exact) mass is 256 g/mol. The van der Waals surface area contributed by atoms with Gasteiger partial charge in [-0.05, 0) is 41.9 Å². The first-order valence-electron chi connectivity index (χ1n) is 3.96. The summed E-state index contributed by atoms with van der Waals surface area (Å²) in [5.41, 5.74) is 1.45. The van der Waals surface area contributed by atoms with Gasteiger partial charge in [0.25, 0.3) is 5.69 Å². The molecule has 1 rings (SSSR count). The Hall–Kier alpha value is -1.23. The summed E-state index contributed by atoms with van der Waals surface area (Å²) >= 11 is 3.20. The molecule has 1 aromatic carbocycles. The standard InChI is InChI=1S/C9H9BrN2O2/c1-6-5-8(11-7(2)10)3-4-9(6)12(13)14/h3-5H,1-2H3. The number of nitro benzene ring substituents is 1. The molecule has 0 aromatic heterocycles. The molecule has 0 saturated heterocycles. The molecule has 0 heterocycles. The minimum absolute atomic E-state index is 0.121. The normalized spacial score (nSPS) is 11.5. The second-order valence-electron chi connectivity index (χ2n) is 2.84. The zero-order chi connectivity index (χ0) is 10.7. The van der Waals surface area contributed by atoms with Crippen molar-refractivity contribution >= 4 is 31.9 Å². The van der Waals surface area contributed by atoms with Gasteiger partial charge < -0.3 is 0 Å². The van der Waals surface area contributed by atoms with Crippen LogP contribution in [-0.2, 0) is 0 Å². The molecule has 0 amide bonds. The molecule has 0 radical (unpaired) electrons. The number of halogens is 1. The number of nitro groups is 1. The lowest BCUT2D eigenvalue weighted by Crippen LogP contribution is -1.90. The van der Waals surface area contributed by atoms with Crippen LogP contribution in [0, 0.1) is 17.0 Å². The number of hydrogen-bond acceptors (Lipinski definition) is 3. The first-order chi connectivity index (χ1) is 6.50. The third-order valence-electron chi connectivity index (χ3n) is 1.66. The molecule has 0 atom stereocenters. The van der Waals surface area contributed by atoms with Crippen LogP contribution in [0.2, 0.25) is 0 Å². The fourth-order valence-corrected chi connectivity index (χ4v) is 1.30. The van der Waals surface area contributed by atoms with E-state index >= 15 is 0 Å². The van der Waals surface area contributed by atoms with Crippen LogP contribution in [0.15, 0.2) is 23.2 Å². The first kappa shape index (κ1) is 10.8. The average Bonchev–Trinajstić information content (AvgIpc) is 2.01. The number of benzene rings is 1. The van der Waals surface area contributed by atoms with Crippen molar-refractivity contribution in [3.63, 3.8) is 0 Å². The molecule has 1 aromatic rings. The fourth-order valence-electron chi connectivity index (χ4n) is 1.09. The Balaban J connectivity index is 3.13. The Labute approximate surface area is 89.9 Å². The fraction of sp³-hybridized carbons (Fsp3) is 0.222. The zero-order valence-electron chi connectivity index (χ0n) is 7.82. The summed E-state index contributed by atoms with van der Waals surface area (Å²) < 4.78 is 0.741. The van der Waals surface area contributed by atoms with Crippen molar-refractivity contribution in [3.05, 3.63) is 33.9 Å². The van der Waals surface area contributed by atoms with E-state index in [-0.39, 0.29) is 5.69 Å². The lowest BCUT2D eigenvalue weighted by molar-refractivity contribution is -0.385. The smallest absolute Gasteiger partial charge is 0.258 e. The summed E-state index contributed by atoms with van der Waals surface area (Å²) in [6, 6.07) is 4.77. The Morgan fingerprint density at radius 2 is 2.21 bits per heavy atom. The number of nitrogens with zero attached hydrogens (tertiary/aromatic N) is 2. The highest BCUT2D eigenvalue weighted by Crippen LogP contribution is 2.23. The van der Waals surface area contributed by atoms with E-state index in [9.17, 15) is 10.1 Å². The lowest BCUT2D eigenvalue weighted by Gasteiger charge is -1.98. The maximum atomic E-state index is 10.5. The van der Waals surface area contributed by atoms with Crippen LogP contribution >= 0.6 is 15.9 Å². The van der Waals surface area contributed by atoms with Crippen molar-refractivity contribution in [1.82, 2.24) is 0 Å². The van der Waals surface area contributed by atoms with Gasteiger partial charge in [0, 0.05) is 11.6 Å². The number of rotatable bonds is 2. The van der Waals surface area contributed by atoms with Gasteiger partial charge in [0.05, 0.1) is 15.2 Å². The SMILES string of the molecule is CC(Br)=Nc1ccc([N+](=O)[O-])c(C)c1. The summed E-state index contributed by atoms with van der Waals surface area (Å²) in [4.78, 5) is 14.2. The molecular formula is C9H9BrN2O2. The minimum Gasteiger partial charge on any atom is -0.258 e. The maximum absolute atomic E-state index is 10.5. The van der Waals surface area contributed by atoms with E-state index in [1.807, 2.05) is 0 Å². The van der Waals surface area contributed by atoms with E-state index in [4.69, 9.17) is 0 Å². The quantitative estimate of drug-likeness (QED) is 0.463. The van der Waals surface area contributed by atoms with Crippen LogP contribution in [-0.4, -0.2) is 9.54 Å². The zero-order valence-corrected chi connectivity index (χ0v) is 9.41. The van der Waals surface area contributed by atoms with E-state index in [0.717, 1.165) is 4.62 Å². The summed E-state index contributed by atoms with van der Waals surface area (Å²) in [5, 5.41) is 10.5. The summed E-state index contributed by atoms with van der Waals surface area (Å²) in [7, 11) is 0. The van der Waals surface area contributed by atoms with Crippen LogP contribution in [0.1, 0.15) is 12.5 Å². The molecule has 0 saturated carbocycles. The molecule has 0 aliphatic carbocycles. The molecular weight excluding hydrogens is 248 g/mol. The molecule has 0 unspecified atom stereocenters. The third kappa shape index (κ3) is 2.63. The van der Waals surface area contributed by atoms with E-state index in [1.54, 1.807) is 26.0 Å². The van der Waals surface area contributed by atoms with Gasteiger partial charge in [-0.1, -0.05) is 0 Å². The van der Waals surface area contributed by atoms with Crippen molar-refractivity contribution in [3.8, 4) is 0 Å². The number of aryl methyl sites for hydroxylation is 1. The van der Waals surface area contributed by atoms with Crippen molar-refractivity contribution in [1.29, 1.82) is 0 Å². The average molecular weight is 257 g/mol. The highest BCUT2D eigenvalue weighted by Gasteiger charge is 2.09. The number of hydrogen-bond donors (Lipinski definition) is 0. The van der Waals surface area contributed by atoms with Crippen molar-refractivity contribution in [2.24, 2.45) is 4.99 Å². The van der Waals surface area contributed by atoms with E-state index in [1.165, 1.54) is 6.07 Å². The lowest BCUT2D eigenvalue weighted by atomic mass is 10.2. The van der Waals surface area contributed by atoms with Gasteiger partial charge >= 0.3 is 0 Å². The van der Waals surface area contributed by atoms with Crippen LogP contribution in [0.25, 0.3) is 0 Å². The summed E-state index contributed by atoms with van der Waals surface area (Å²) in [6.07, 6.45) is 0. The van der Waals surface area contributed by atoms with Gasteiger partial charge in [-0.3, -0.25) is 10.1 Å². The Morgan fingerprint density at radius 1 is 1.57 bits per heavy atom. The topological polar surface area (TPSA) is 55.5 Å². The molecule has 5 heteroatoms. The van der Waals surface area contributed by atoms with Gasteiger partial charge in [0.1, 0.15) is 0 Å². The summed E-state index contributed by atoms with van der Waals surface area (Å²) in [6.45, 7) is 3.50. The molecule has 4 nitrogen and oxygen atoms in total. The largest absolute Gasteiger partial charge is 0.272 e. The van der Waals surface area contributed by atoms with Gasteiger partial charge in [-0.25, -0.2) is 4.99 Å². The Kier molecular flexibility index (Phi) is 3.35. The van der Waals surface area contributed by atoms with E-state index < -0.39 is 4.92 Å². The predicted octanol–water partition coefficient (Wildman–Crippen LogP) is 3.35. The highest BCUT2D eigenvalue weighted by molar-refractivity contribution is 9.18. The van der Waals surface area contributed by atoms with E-state index in [2.05, 4.69) is 20.9 Å². The molecule has 74 valence electrons. The maximum Gasteiger partial charge on any atom is 0.272 e. The van der Waals surface area contributed by atoms with Gasteiger partial charge in [-0.15, -0.1) is 0 Å². The van der Waals surface area contributed by atoms with Crippen molar-refractivity contribution < 1.29 is 4.92 Å². The molecule has 0 fully saturated rings. The van der Waals surface area contributed by atoms with Crippen LogP contribution in [0.3, 0.4) is 0 Å². The molecule has 0 bridgehead atoms. The number of aliphatic imine (C=N–C) groups is 1. The van der Waals surface area contributed by atoms with Crippen LogP contribution < -0.4 is 0 Å². The second kappa shape index (κ2) is 4.32.